The van der Waals surface area contributed by atoms with Crippen LogP contribution in [0.5, 0.6) is 11.5 Å². The zero-order chi connectivity index (χ0) is 31.3. The van der Waals surface area contributed by atoms with Gasteiger partial charge >= 0.3 is 0 Å². The minimum atomic E-state index is -0.521. The van der Waals surface area contributed by atoms with Crippen LogP contribution in [0.3, 0.4) is 0 Å². The number of aryl methyl sites for hydroxylation is 2. The van der Waals surface area contributed by atoms with Gasteiger partial charge in [0.15, 0.2) is 11.5 Å². The fourth-order valence-electron chi connectivity index (χ4n) is 6.33. The molecule has 3 amide bonds. The Morgan fingerprint density at radius 2 is 1.80 bits per heavy atom. The van der Waals surface area contributed by atoms with Gasteiger partial charge in [-0.25, -0.2) is 4.98 Å². The van der Waals surface area contributed by atoms with E-state index in [4.69, 9.17) is 9.47 Å². The third-order valence-corrected chi connectivity index (χ3v) is 8.71. The molecule has 1 atom stereocenters. The molecule has 4 heterocycles. The Hall–Kier alpha value is -4.80. The molecule has 0 saturated carbocycles. The van der Waals surface area contributed by atoms with E-state index in [0.717, 1.165) is 35.1 Å². The summed E-state index contributed by atoms with van der Waals surface area (Å²) >= 11 is 0. The summed E-state index contributed by atoms with van der Waals surface area (Å²) in [6, 6.07) is 13.2. The first-order valence-electron chi connectivity index (χ1n) is 15.7. The highest BCUT2D eigenvalue weighted by Crippen LogP contribution is 2.32. The van der Waals surface area contributed by atoms with Crippen LogP contribution >= 0.6 is 0 Å². The number of hydrogen-bond acceptors (Lipinski definition) is 6. The number of benzene rings is 2. The van der Waals surface area contributed by atoms with Gasteiger partial charge in [-0.2, -0.15) is 0 Å². The lowest BCUT2D eigenvalue weighted by atomic mass is 10.1. The predicted octanol–water partition coefficient (Wildman–Crippen LogP) is 3.86. The molecule has 1 fully saturated rings. The Balaban J connectivity index is 1.28. The van der Waals surface area contributed by atoms with E-state index < -0.39 is 6.04 Å². The number of ether oxygens (including phenoxy) is 2. The first kappa shape index (κ1) is 30.2. The van der Waals surface area contributed by atoms with Crippen LogP contribution < -0.4 is 14.8 Å². The molecule has 1 unspecified atom stereocenters. The summed E-state index contributed by atoms with van der Waals surface area (Å²) in [7, 11) is 3.56. The monoisotopic (exact) mass is 612 g/mol. The molecule has 0 aliphatic carbocycles. The van der Waals surface area contributed by atoms with Crippen LogP contribution in [0.15, 0.2) is 61.1 Å². The van der Waals surface area contributed by atoms with Crippen LogP contribution in [-0.2, 0) is 23.2 Å². The lowest BCUT2D eigenvalue weighted by molar-refractivity contribution is -0.134. The summed E-state index contributed by atoms with van der Waals surface area (Å²) in [5.74, 6) is 1.77. The second kappa shape index (κ2) is 13.5. The molecule has 2 aliphatic heterocycles. The van der Waals surface area contributed by atoms with Crippen molar-refractivity contribution in [3.05, 3.63) is 66.6 Å². The van der Waals surface area contributed by atoms with Gasteiger partial charge in [-0.3, -0.25) is 14.4 Å². The molecule has 4 aromatic rings. The largest absolute Gasteiger partial charge is 0.493 e. The van der Waals surface area contributed by atoms with Crippen LogP contribution in [-0.4, -0.2) is 87.6 Å². The third kappa shape index (κ3) is 6.52. The van der Waals surface area contributed by atoms with Crippen LogP contribution in [0.4, 0.5) is 0 Å². The summed E-state index contributed by atoms with van der Waals surface area (Å²) < 4.78 is 15.8. The van der Waals surface area contributed by atoms with Crippen LogP contribution in [0.25, 0.3) is 22.3 Å². The number of imidazole rings is 1. The molecule has 2 bridgehead atoms. The van der Waals surface area contributed by atoms with Crippen molar-refractivity contribution in [1.29, 1.82) is 0 Å². The van der Waals surface area contributed by atoms with E-state index in [1.807, 2.05) is 71.4 Å². The Morgan fingerprint density at radius 3 is 2.60 bits per heavy atom. The fraction of sp³-hybridized carbons (Fsp3) is 0.412. The summed E-state index contributed by atoms with van der Waals surface area (Å²) in [5, 5.41) is 3.75. The molecular formula is C34H40N6O5. The van der Waals surface area contributed by atoms with Gasteiger partial charge in [0.2, 0.25) is 11.8 Å². The number of nitrogens with one attached hydrogen (secondary N) is 1. The Morgan fingerprint density at radius 1 is 1.00 bits per heavy atom. The summed E-state index contributed by atoms with van der Waals surface area (Å²) in [5.41, 5.74) is 2.59. The molecular weight excluding hydrogens is 572 g/mol. The van der Waals surface area contributed by atoms with E-state index >= 15 is 0 Å². The van der Waals surface area contributed by atoms with Gasteiger partial charge in [0.05, 0.1) is 19.2 Å². The number of aromatic nitrogens is 3. The second-order valence-electron chi connectivity index (χ2n) is 11.7. The Labute approximate surface area is 262 Å². The second-order valence-corrected chi connectivity index (χ2v) is 11.7. The van der Waals surface area contributed by atoms with Crippen molar-refractivity contribution in [2.24, 2.45) is 7.05 Å². The fourth-order valence-corrected chi connectivity index (χ4v) is 6.33. The zero-order valence-electron chi connectivity index (χ0n) is 25.9. The van der Waals surface area contributed by atoms with Crippen molar-refractivity contribution >= 4 is 28.6 Å². The normalized spacial score (nSPS) is 18.2. The van der Waals surface area contributed by atoms with E-state index in [9.17, 15) is 14.4 Å². The van der Waals surface area contributed by atoms with Gasteiger partial charge in [-0.15, -0.1) is 0 Å². The number of carbonyl (C=O) groups is 3. The third-order valence-electron chi connectivity index (χ3n) is 8.71. The molecule has 0 radical (unpaired) electrons. The van der Waals surface area contributed by atoms with Gasteiger partial charge < -0.3 is 33.7 Å². The molecule has 2 aliphatic rings. The lowest BCUT2D eigenvalue weighted by Crippen LogP contribution is -2.46. The molecule has 1 saturated heterocycles. The maximum atomic E-state index is 14.0. The maximum Gasteiger partial charge on any atom is 0.256 e. The molecule has 2 aromatic heterocycles. The topological polar surface area (TPSA) is 111 Å². The van der Waals surface area contributed by atoms with Gasteiger partial charge in [-0.05, 0) is 49.9 Å². The van der Waals surface area contributed by atoms with Gasteiger partial charge in [0.1, 0.15) is 18.5 Å². The average molecular weight is 613 g/mol. The standard InChI is InChI=1S/C34H40N6O5/c1-37-23-26(25-8-3-4-9-28(25)37)33(42)39-15-5-6-16-40(34(43)27-11-13-31(41)36-27)20-21-45-30-22-24(10-12-29(30)44-2)32-35-14-19-38(32)17-7-18-39/h3-4,8-10,12,14,19,22-23,27H,5-7,11,13,15-18,20-21H2,1-2H3,(H,36,41). The zero-order valence-corrected chi connectivity index (χ0v) is 25.9. The first-order chi connectivity index (χ1) is 21.9. The number of nitrogens with zero attached hydrogens (tertiary/aromatic N) is 5. The number of methoxy groups -OCH3 is 1. The number of fused-ring (bicyclic) bond motifs is 5. The van der Waals surface area contributed by atoms with Crippen LogP contribution in [0.2, 0.25) is 0 Å². The highest BCUT2D eigenvalue weighted by molar-refractivity contribution is 6.07. The summed E-state index contributed by atoms with van der Waals surface area (Å²) in [4.78, 5) is 47.7. The van der Waals surface area contributed by atoms with Crippen molar-refractivity contribution in [3.8, 4) is 22.9 Å². The summed E-state index contributed by atoms with van der Waals surface area (Å²) in [6.07, 6.45) is 8.67. The van der Waals surface area contributed by atoms with Crippen LogP contribution in [0.1, 0.15) is 42.5 Å². The van der Waals surface area contributed by atoms with E-state index in [-0.39, 0.29) is 24.3 Å². The van der Waals surface area contributed by atoms with E-state index in [0.29, 0.717) is 69.0 Å². The highest BCUT2D eigenvalue weighted by atomic mass is 16.5. The predicted molar refractivity (Wildman–Crippen MR) is 170 cm³/mol. The number of amides is 3. The molecule has 11 nitrogen and oxygen atoms in total. The first-order valence-corrected chi connectivity index (χ1v) is 15.7. The molecule has 2 aromatic carbocycles. The van der Waals surface area contributed by atoms with Gasteiger partial charge in [0.25, 0.3) is 5.91 Å². The molecule has 45 heavy (non-hydrogen) atoms. The Bertz CT molecular complexity index is 1690. The maximum absolute atomic E-state index is 14.0. The Kier molecular flexibility index (Phi) is 9.04. The SMILES string of the molecule is COc1ccc2cc1OCCN(C(=O)C1CCC(=O)N1)CCCCN(C(=O)c1cn(C)c3ccccc13)CCCn1ccnc1-2. The van der Waals surface area contributed by atoms with Gasteiger partial charge in [0, 0.05) is 74.7 Å². The quantitative estimate of drug-likeness (QED) is 0.376. The lowest BCUT2D eigenvalue weighted by Gasteiger charge is -2.27. The molecule has 6 rings (SSSR count). The minimum Gasteiger partial charge on any atom is -0.493 e. The van der Waals surface area contributed by atoms with Crippen molar-refractivity contribution in [1.82, 2.24) is 29.2 Å². The summed E-state index contributed by atoms with van der Waals surface area (Å²) in [6.45, 7) is 2.94. The molecule has 1 N–H and O–H groups in total. The van der Waals surface area contributed by atoms with E-state index in [2.05, 4.69) is 14.9 Å². The smallest absolute Gasteiger partial charge is 0.256 e. The van der Waals surface area contributed by atoms with Crippen molar-refractivity contribution in [3.63, 3.8) is 0 Å². The number of rotatable bonds is 3. The van der Waals surface area contributed by atoms with E-state index in [1.165, 1.54) is 0 Å². The molecule has 236 valence electrons. The minimum absolute atomic E-state index is 0.00497. The van der Waals surface area contributed by atoms with Crippen molar-refractivity contribution < 1.29 is 23.9 Å². The molecule has 11 heteroatoms. The van der Waals surface area contributed by atoms with E-state index in [1.54, 1.807) is 18.2 Å². The van der Waals surface area contributed by atoms with Crippen LogP contribution in [0, 0.1) is 0 Å². The number of para-hydroxylation sites is 1. The highest BCUT2D eigenvalue weighted by Gasteiger charge is 2.31. The molecule has 0 spiro atoms. The number of carbonyl (C=O) groups excluding carboxylic acids is 3. The van der Waals surface area contributed by atoms with Crippen molar-refractivity contribution in [2.75, 3.05) is 39.9 Å². The van der Waals surface area contributed by atoms with Crippen molar-refractivity contribution in [2.45, 2.75) is 44.7 Å². The average Bonchev–Trinajstić information content (AvgIpc) is 3.79. The van der Waals surface area contributed by atoms with Gasteiger partial charge in [-0.1, -0.05) is 18.2 Å². The number of hydrogen-bond donors (Lipinski definition) is 1.